The highest BCUT2D eigenvalue weighted by Gasteiger charge is 2.54. The third-order valence-electron chi connectivity index (χ3n) is 6.43. The molecule has 1 saturated carbocycles. The monoisotopic (exact) mass is 312 g/mol. The van der Waals surface area contributed by atoms with Gasteiger partial charge in [0, 0.05) is 54.7 Å². The van der Waals surface area contributed by atoms with Crippen molar-refractivity contribution >= 4 is 10.9 Å². The van der Waals surface area contributed by atoms with Crippen LogP contribution in [0.1, 0.15) is 23.6 Å². The topological polar surface area (TPSA) is 37.5 Å². The Labute approximate surface area is 136 Å². The molecule has 0 spiro atoms. The second-order valence-corrected chi connectivity index (χ2v) is 7.39. The summed E-state index contributed by atoms with van der Waals surface area (Å²) >= 11 is 0. The first-order valence-corrected chi connectivity index (χ1v) is 8.71. The zero-order valence-electron chi connectivity index (χ0n) is 13.8. The molecule has 0 radical (unpaired) electrons. The van der Waals surface area contributed by atoms with Crippen LogP contribution in [0.25, 0.3) is 10.9 Å². The van der Waals surface area contributed by atoms with Crippen LogP contribution >= 0.6 is 0 Å². The highest BCUT2D eigenvalue weighted by Crippen LogP contribution is 2.53. The summed E-state index contributed by atoms with van der Waals surface area (Å²) in [6.45, 7) is 3.35. The number of fused-ring (bicyclic) bond motifs is 5. The fraction of sp³-hybridized carbons (Fsp3) is 0.579. The molecule has 1 saturated heterocycles. The van der Waals surface area contributed by atoms with Gasteiger partial charge in [0.2, 0.25) is 0 Å². The third-order valence-corrected chi connectivity index (χ3v) is 6.43. The number of hydrogen-bond acceptors (Lipinski definition) is 3. The Morgan fingerprint density at radius 2 is 2.22 bits per heavy atom. The smallest absolute Gasteiger partial charge is 0.119 e. The van der Waals surface area contributed by atoms with Gasteiger partial charge < -0.3 is 14.5 Å². The molecule has 2 bridgehead atoms. The molecule has 1 N–H and O–H groups in total. The van der Waals surface area contributed by atoms with Crippen LogP contribution in [0.2, 0.25) is 0 Å². The maximum Gasteiger partial charge on any atom is 0.119 e. The van der Waals surface area contributed by atoms with Gasteiger partial charge in [-0.2, -0.15) is 0 Å². The number of aromatic nitrogens is 1. The van der Waals surface area contributed by atoms with Crippen LogP contribution in [0.5, 0.6) is 5.75 Å². The van der Waals surface area contributed by atoms with Gasteiger partial charge >= 0.3 is 0 Å². The molecular formula is C19H24N2O2. The minimum Gasteiger partial charge on any atom is -0.497 e. The lowest BCUT2D eigenvalue weighted by molar-refractivity contribution is 0.125. The number of methoxy groups -OCH3 is 2. The fourth-order valence-corrected chi connectivity index (χ4v) is 5.55. The number of hydrogen-bond donors (Lipinski definition) is 1. The van der Waals surface area contributed by atoms with Crippen molar-refractivity contribution in [2.24, 2.45) is 11.8 Å². The SMILES string of the molecule is COC[C@H]1[C@@H]2C[C@H]3c4[nH]c5ccc(OC)cc5c4CCN(C2)[C@@H]13. The molecule has 1 aromatic carbocycles. The molecule has 1 aliphatic carbocycles. The maximum absolute atomic E-state index is 5.54. The van der Waals surface area contributed by atoms with Crippen molar-refractivity contribution in [3.8, 4) is 5.75 Å². The van der Waals surface area contributed by atoms with Crippen molar-refractivity contribution in [2.45, 2.75) is 24.8 Å². The molecule has 2 aromatic rings. The molecule has 23 heavy (non-hydrogen) atoms. The first kappa shape index (κ1) is 13.9. The van der Waals surface area contributed by atoms with E-state index in [9.17, 15) is 0 Å². The van der Waals surface area contributed by atoms with Crippen LogP contribution in [-0.4, -0.2) is 49.8 Å². The number of rotatable bonds is 3. The summed E-state index contributed by atoms with van der Waals surface area (Å²) in [5, 5.41) is 1.36. The van der Waals surface area contributed by atoms with Crippen LogP contribution in [-0.2, 0) is 11.2 Å². The zero-order chi connectivity index (χ0) is 15.6. The van der Waals surface area contributed by atoms with Gasteiger partial charge in [-0.1, -0.05) is 0 Å². The van der Waals surface area contributed by atoms with Crippen molar-refractivity contribution in [3.05, 3.63) is 29.5 Å². The van der Waals surface area contributed by atoms with Crippen molar-refractivity contribution in [2.75, 3.05) is 33.9 Å². The van der Waals surface area contributed by atoms with Gasteiger partial charge in [0.05, 0.1) is 13.7 Å². The quantitative estimate of drug-likeness (QED) is 0.947. The second-order valence-electron chi connectivity index (χ2n) is 7.39. The van der Waals surface area contributed by atoms with Crippen molar-refractivity contribution in [1.82, 2.24) is 9.88 Å². The summed E-state index contributed by atoms with van der Waals surface area (Å²) in [7, 11) is 3.59. The Morgan fingerprint density at radius 1 is 1.30 bits per heavy atom. The summed E-state index contributed by atoms with van der Waals surface area (Å²) in [5.74, 6) is 3.10. The van der Waals surface area contributed by atoms with Gasteiger partial charge in [-0.15, -0.1) is 0 Å². The number of piperidine rings is 1. The van der Waals surface area contributed by atoms with Crippen LogP contribution in [0.15, 0.2) is 18.2 Å². The maximum atomic E-state index is 5.54. The van der Waals surface area contributed by atoms with Gasteiger partial charge in [-0.05, 0) is 42.5 Å². The normalized spacial score (nSPS) is 32.3. The molecule has 3 aliphatic rings. The Bertz CT molecular complexity index is 753. The lowest BCUT2D eigenvalue weighted by atomic mass is 9.93. The first-order valence-electron chi connectivity index (χ1n) is 8.71. The molecule has 0 amide bonds. The summed E-state index contributed by atoms with van der Waals surface area (Å²) in [4.78, 5) is 6.48. The summed E-state index contributed by atoms with van der Waals surface area (Å²) in [5.41, 5.74) is 4.27. The Hall–Kier alpha value is -1.52. The molecule has 1 aromatic heterocycles. The van der Waals surface area contributed by atoms with E-state index in [4.69, 9.17) is 9.47 Å². The van der Waals surface area contributed by atoms with Gasteiger partial charge in [0.1, 0.15) is 5.75 Å². The Balaban J connectivity index is 1.62. The Morgan fingerprint density at radius 3 is 3.04 bits per heavy atom. The molecule has 4 nitrogen and oxygen atoms in total. The predicted molar refractivity (Wildman–Crippen MR) is 90.1 cm³/mol. The van der Waals surface area contributed by atoms with E-state index < -0.39 is 0 Å². The lowest BCUT2D eigenvalue weighted by Crippen LogP contribution is -2.38. The zero-order valence-corrected chi connectivity index (χ0v) is 13.8. The average Bonchev–Trinajstić information content (AvgIpc) is 3.19. The number of ether oxygens (including phenoxy) is 2. The minimum atomic E-state index is 0.643. The van der Waals surface area contributed by atoms with Gasteiger partial charge in [0.25, 0.3) is 0 Å². The van der Waals surface area contributed by atoms with E-state index in [1.54, 1.807) is 7.11 Å². The molecular weight excluding hydrogens is 288 g/mol. The lowest BCUT2D eigenvalue weighted by Gasteiger charge is -2.31. The van der Waals surface area contributed by atoms with Crippen molar-refractivity contribution < 1.29 is 9.47 Å². The number of nitrogens with one attached hydrogen (secondary N) is 1. The second kappa shape index (κ2) is 4.99. The van der Waals surface area contributed by atoms with Crippen LogP contribution in [0.4, 0.5) is 0 Å². The summed E-state index contributed by atoms with van der Waals surface area (Å²) < 4.78 is 11.0. The molecule has 4 heteroatoms. The highest BCUT2D eigenvalue weighted by atomic mass is 16.5. The van der Waals surface area contributed by atoms with Crippen LogP contribution in [0, 0.1) is 11.8 Å². The number of aromatic amines is 1. The van der Waals surface area contributed by atoms with E-state index in [0.717, 1.165) is 24.7 Å². The molecule has 3 heterocycles. The number of H-pyrrole nitrogens is 1. The van der Waals surface area contributed by atoms with Crippen LogP contribution < -0.4 is 4.74 Å². The summed E-state index contributed by atoms with van der Waals surface area (Å²) in [6.07, 6.45) is 2.45. The third kappa shape index (κ3) is 1.85. The fourth-order valence-electron chi connectivity index (χ4n) is 5.55. The first-order chi connectivity index (χ1) is 11.3. The Kier molecular flexibility index (Phi) is 3.01. The van der Waals surface area contributed by atoms with E-state index in [2.05, 4.69) is 28.1 Å². The summed E-state index contributed by atoms with van der Waals surface area (Å²) in [6, 6.07) is 7.09. The molecule has 0 unspecified atom stereocenters. The van der Waals surface area contributed by atoms with Gasteiger partial charge in [-0.25, -0.2) is 0 Å². The number of nitrogens with zero attached hydrogens (tertiary/aromatic N) is 1. The standard InChI is InChI=1S/C19H24N2O2/c1-22-10-16-11-7-15-18-13(5-6-21(9-11)19(15)16)14-8-12(23-2)3-4-17(14)20-18/h3-4,8,11,15-16,19-20H,5-7,9-10H2,1-2H3/t11-,15+,16+,19-/m1/s1. The van der Waals surface area contributed by atoms with Crippen LogP contribution in [0.3, 0.4) is 0 Å². The van der Waals surface area contributed by atoms with Crippen molar-refractivity contribution in [1.29, 1.82) is 0 Å². The van der Waals surface area contributed by atoms with Crippen molar-refractivity contribution in [3.63, 3.8) is 0 Å². The largest absolute Gasteiger partial charge is 0.497 e. The molecule has 5 rings (SSSR count). The number of benzene rings is 1. The minimum absolute atomic E-state index is 0.643. The molecule has 122 valence electrons. The van der Waals surface area contributed by atoms with E-state index in [0.29, 0.717) is 17.9 Å². The predicted octanol–water partition coefficient (Wildman–Crippen LogP) is 2.78. The molecule has 2 fully saturated rings. The van der Waals surface area contributed by atoms with E-state index in [1.165, 1.54) is 41.7 Å². The van der Waals surface area contributed by atoms with E-state index in [-0.39, 0.29) is 0 Å². The van der Waals surface area contributed by atoms with E-state index in [1.807, 2.05) is 7.11 Å². The molecule has 4 atom stereocenters. The van der Waals surface area contributed by atoms with E-state index >= 15 is 0 Å². The average molecular weight is 312 g/mol. The van der Waals surface area contributed by atoms with Gasteiger partial charge in [0.15, 0.2) is 0 Å². The van der Waals surface area contributed by atoms with Gasteiger partial charge in [-0.3, -0.25) is 4.90 Å². The molecule has 2 aliphatic heterocycles. The highest BCUT2D eigenvalue weighted by molar-refractivity contribution is 5.86.